The number of hydrogen-bond acceptors (Lipinski definition) is 9. The summed E-state index contributed by atoms with van der Waals surface area (Å²) in [5.74, 6) is -0.897. The molecule has 182 valence electrons. The van der Waals surface area contributed by atoms with Gasteiger partial charge in [-0.2, -0.15) is 0 Å². The van der Waals surface area contributed by atoms with Gasteiger partial charge in [0.1, 0.15) is 10.6 Å². The fourth-order valence-electron chi connectivity index (χ4n) is 3.82. The van der Waals surface area contributed by atoms with Gasteiger partial charge in [0.15, 0.2) is 11.5 Å². The van der Waals surface area contributed by atoms with E-state index in [1.54, 1.807) is 38.1 Å². The second-order valence-corrected chi connectivity index (χ2v) is 8.52. The van der Waals surface area contributed by atoms with Crippen LogP contribution in [0.5, 0.6) is 11.5 Å². The van der Waals surface area contributed by atoms with Gasteiger partial charge in [-0.3, -0.25) is 4.79 Å². The van der Waals surface area contributed by atoms with E-state index in [2.05, 4.69) is 10.6 Å². The van der Waals surface area contributed by atoms with Crippen molar-refractivity contribution < 1.29 is 33.3 Å². The quantitative estimate of drug-likeness (QED) is 0.429. The van der Waals surface area contributed by atoms with Crippen LogP contribution in [0.4, 0.5) is 10.7 Å². The van der Waals surface area contributed by atoms with Crippen LogP contribution in [0.25, 0.3) is 0 Å². The van der Waals surface area contributed by atoms with Gasteiger partial charge in [0.25, 0.3) is 5.91 Å². The lowest BCUT2D eigenvalue weighted by molar-refractivity contribution is 0.0435. The molecule has 2 N–H and O–H groups in total. The Kier molecular flexibility index (Phi) is 6.92. The van der Waals surface area contributed by atoms with Crippen molar-refractivity contribution in [2.24, 2.45) is 0 Å². The van der Waals surface area contributed by atoms with Crippen molar-refractivity contribution >= 4 is 39.9 Å². The molecule has 0 spiro atoms. The summed E-state index contributed by atoms with van der Waals surface area (Å²) >= 11 is 1.08. The van der Waals surface area contributed by atoms with Crippen molar-refractivity contribution in [2.45, 2.75) is 20.1 Å². The average molecular weight is 497 g/mol. The van der Waals surface area contributed by atoms with Gasteiger partial charge in [-0.1, -0.05) is 18.2 Å². The smallest absolute Gasteiger partial charge is 0.344 e. The van der Waals surface area contributed by atoms with Gasteiger partial charge >= 0.3 is 11.9 Å². The van der Waals surface area contributed by atoms with Crippen molar-refractivity contribution in [1.82, 2.24) is 0 Å². The van der Waals surface area contributed by atoms with Crippen molar-refractivity contribution in [3.05, 3.63) is 69.6 Å². The number of para-hydroxylation sites is 1. The number of carbonyl (C=O) groups excluding carboxylic acids is 3. The number of anilines is 2. The van der Waals surface area contributed by atoms with E-state index in [4.69, 9.17) is 18.9 Å². The average Bonchev–Trinajstić information content (AvgIpc) is 3.35. The van der Waals surface area contributed by atoms with E-state index in [1.807, 2.05) is 18.2 Å². The highest BCUT2D eigenvalue weighted by Crippen LogP contribution is 2.44. The molecular formula is C25H24N2O7S. The minimum Gasteiger partial charge on any atom is -0.493 e. The standard InChI is InChI=1S/C25H24N2O7S/c1-5-33-24(29)17-13(2)20(21(28)26-14-9-7-6-8-10-14)35-23(17)27-22-15-11-12-16(31-3)19(32-4)18(15)25(30)34-22/h6-12,22,27H,5H2,1-4H3,(H,26,28)/t22-/m1/s1. The van der Waals surface area contributed by atoms with Crippen LogP contribution in [0, 0.1) is 6.92 Å². The maximum atomic E-state index is 13.0. The Morgan fingerprint density at radius 2 is 1.83 bits per heavy atom. The highest BCUT2D eigenvalue weighted by molar-refractivity contribution is 7.18. The molecule has 0 unspecified atom stereocenters. The lowest BCUT2D eigenvalue weighted by atomic mass is 10.1. The molecule has 0 bridgehead atoms. The maximum absolute atomic E-state index is 13.0. The first-order valence-corrected chi connectivity index (χ1v) is 11.6. The minimum atomic E-state index is -0.909. The Morgan fingerprint density at radius 1 is 1.09 bits per heavy atom. The molecule has 4 rings (SSSR count). The fourth-order valence-corrected chi connectivity index (χ4v) is 4.92. The van der Waals surface area contributed by atoms with E-state index in [-0.39, 0.29) is 29.4 Å². The Morgan fingerprint density at radius 3 is 2.49 bits per heavy atom. The van der Waals surface area contributed by atoms with Crippen LogP contribution >= 0.6 is 11.3 Å². The molecule has 2 aromatic carbocycles. The molecular weight excluding hydrogens is 472 g/mol. The normalized spacial score (nSPS) is 14.1. The zero-order valence-corrected chi connectivity index (χ0v) is 20.4. The number of fused-ring (bicyclic) bond motifs is 1. The monoisotopic (exact) mass is 496 g/mol. The third-order valence-electron chi connectivity index (χ3n) is 5.42. The van der Waals surface area contributed by atoms with Crippen LogP contribution in [0.1, 0.15) is 54.7 Å². The van der Waals surface area contributed by atoms with Crippen molar-refractivity contribution in [3.63, 3.8) is 0 Å². The second kappa shape index (κ2) is 10.1. The van der Waals surface area contributed by atoms with Gasteiger partial charge in [0.2, 0.25) is 6.23 Å². The number of hydrogen-bond donors (Lipinski definition) is 2. The van der Waals surface area contributed by atoms with E-state index >= 15 is 0 Å². The molecule has 1 atom stereocenters. The molecule has 0 radical (unpaired) electrons. The number of ether oxygens (including phenoxy) is 4. The zero-order valence-electron chi connectivity index (χ0n) is 19.6. The molecule has 10 heteroatoms. The molecule has 35 heavy (non-hydrogen) atoms. The molecule has 3 aromatic rings. The predicted molar refractivity (Wildman–Crippen MR) is 131 cm³/mol. The Hall–Kier alpha value is -4.05. The van der Waals surface area contributed by atoms with E-state index < -0.39 is 18.2 Å². The number of cyclic esters (lactones) is 1. The maximum Gasteiger partial charge on any atom is 0.344 e. The molecule has 1 aromatic heterocycles. The largest absolute Gasteiger partial charge is 0.493 e. The van der Waals surface area contributed by atoms with E-state index in [0.29, 0.717) is 32.4 Å². The van der Waals surface area contributed by atoms with E-state index in [0.717, 1.165) is 11.3 Å². The summed E-state index contributed by atoms with van der Waals surface area (Å²) in [6, 6.07) is 12.3. The summed E-state index contributed by atoms with van der Waals surface area (Å²) in [5, 5.41) is 6.28. The second-order valence-electron chi connectivity index (χ2n) is 7.50. The number of rotatable bonds is 8. The zero-order chi connectivity index (χ0) is 25.1. The van der Waals surface area contributed by atoms with Crippen LogP contribution in [-0.2, 0) is 9.47 Å². The topological polar surface area (TPSA) is 112 Å². The van der Waals surface area contributed by atoms with Gasteiger partial charge in [-0.25, -0.2) is 9.59 Å². The minimum absolute atomic E-state index is 0.164. The summed E-state index contributed by atoms with van der Waals surface area (Å²) in [5.41, 5.74) is 2.04. The lowest BCUT2D eigenvalue weighted by Crippen LogP contribution is -2.14. The highest BCUT2D eigenvalue weighted by atomic mass is 32.1. The van der Waals surface area contributed by atoms with Crippen molar-refractivity contribution in [1.29, 1.82) is 0 Å². The van der Waals surface area contributed by atoms with Crippen LogP contribution in [0.3, 0.4) is 0 Å². The molecule has 0 aliphatic carbocycles. The SMILES string of the molecule is CCOC(=O)c1c(N[C@@H]2OC(=O)c3c2ccc(OC)c3OC)sc(C(=O)Nc2ccccc2)c1C. The van der Waals surface area contributed by atoms with Crippen LogP contribution in [0.2, 0.25) is 0 Å². The van der Waals surface area contributed by atoms with Crippen LogP contribution in [0.15, 0.2) is 42.5 Å². The Labute approximate surface area is 206 Å². The first-order chi connectivity index (χ1) is 16.9. The molecule has 0 fully saturated rings. The van der Waals surface area contributed by atoms with E-state index in [1.165, 1.54) is 14.2 Å². The molecule has 1 aliphatic rings. The molecule has 0 saturated carbocycles. The molecule has 1 aliphatic heterocycles. The van der Waals surface area contributed by atoms with Crippen LogP contribution in [-0.4, -0.2) is 38.7 Å². The van der Waals surface area contributed by atoms with Gasteiger partial charge in [-0.05, 0) is 43.7 Å². The van der Waals surface area contributed by atoms with Crippen molar-refractivity contribution in [2.75, 3.05) is 31.5 Å². The molecule has 9 nitrogen and oxygen atoms in total. The first-order valence-electron chi connectivity index (χ1n) is 10.8. The molecule has 0 saturated heterocycles. The van der Waals surface area contributed by atoms with Gasteiger partial charge in [0, 0.05) is 11.3 Å². The molecule has 2 heterocycles. The number of benzene rings is 2. The van der Waals surface area contributed by atoms with Crippen molar-refractivity contribution in [3.8, 4) is 11.5 Å². The first kappa shape index (κ1) is 24.1. The summed E-state index contributed by atoms with van der Waals surface area (Å²) in [4.78, 5) is 38.8. The number of nitrogens with one attached hydrogen (secondary N) is 2. The fraction of sp³-hybridized carbons (Fsp3) is 0.240. The number of methoxy groups -OCH3 is 2. The third kappa shape index (κ3) is 4.52. The molecule has 1 amide bonds. The summed E-state index contributed by atoms with van der Waals surface area (Å²) < 4.78 is 21.4. The summed E-state index contributed by atoms with van der Waals surface area (Å²) in [6.45, 7) is 3.54. The number of carbonyl (C=O) groups is 3. The summed E-state index contributed by atoms with van der Waals surface area (Å²) in [7, 11) is 2.91. The number of thiophene rings is 1. The predicted octanol–water partition coefficient (Wildman–Crippen LogP) is 4.78. The highest BCUT2D eigenvalue weighted by Gasteiger charge is 2.37. The van der Waals surface area contributed by atoms with Gasteiger partial charge < -0.3 is 29.6 Å². The lowest BCUT2D eigenvalue weighted by Gasteiger charge is -2.15. The van der Waals surface area contributed by atoms with Crippen LogP contribution < -0.4 is 20.1 Å². The van der Waals surface area contributed by atoms with Gasteiger partial charge in [-0.15, -0.1) is 11.3 Å². The van der Waals surface area contributed by atoms with Gasteiger partial charge in [0.05, 0.1) is 31.3 Å². The summed E-state index contributed by atoms with van der Waals surface area (Å²) in [6.07, 6.45) is -0.909. The van der Waals surface area contributed by atoms with E-state index in [9.17, 15) is 14.4 Å². The Bertz CT molecular complexity index is 1290. The Balaban J connectivity index is 1.71. The third-order valence-corrected chi connectivity index (χ3v) is 6.64. The number of amides is 1. The number of esters is 2.